The number of phosphoric acid groups is 1. The summed E-state index contributed by atoms with van der Waals surface area (Å²) in [7, 11) is -5.15. The minimum absolute atomic E-state index is 0. The number of hydrogen-bond acceptors (Lipinski definition) is 4. The van der Waals surface area contributed by atoms with Crippen LogP contribution in [0.3, 0.4) is 0 Å². The Hall–Kier alpha value is -2.15. The van der Waals surface area contributed by atoms with Gasteiger partial charge in [-0.3, -0.25) is 4.57 Å². The standard InChI is InChI=1S/C42H31O5P.2Na/c43-41-37-33-15-35(31-13-27-23-9-21(25(27)11-29(31)33)17-5-1-3-7-19(17)23)39(37)42(47-48(44,45)46)40-36-16-34(38(40)41)30-12-26-22-10-24(28(26)14-32(30)36)20-8-4-2-6-18(20)22;;/h1-8,11-14,21-24,33-36,43H,9-10,15-16H2,(H2,44,45,46);;/q;2*+1/p-2. The Balaban J connectivity index is 0.00000150. The first-order valence-electron chi connectivity index (χ1n) is 17.5. The summed E-state index contributed by atoms with van der Waals surface area (Å²) < 4.78 is 18.3. The van der Waals surface area contributed by atoms with Crippen LogP contribution in [0.25, 0.3) is 0 Å². The largest absolute Gasteiger partial charge is 1.00 e. The van der Waals surface area contributed by atoms with Crippen LogP contribution in [0.5, 0.6) is 11.5 Å². The van der Waals surface area contributed by atoms with E-state index in [1.807, 2.05) is 0 Å². The van der Waals surface area contributed by atoms with Crippen molar-refractivity contribution < 1.29 is 83.1 Å². The van der Waals surface area contributed by atoms with Crippen LogP contribution in [-0.2, 0) is 4.57 Å². The van der Waals surface area contributed by atoms with Crippen LogP contribution in [0.2, 0.25) is 0 Å². The van der Waals surface area contributed by atoms with E-state index in [9.17, 15) is 19.5 Å². The Morgan fingerprint density at radius 2 is 0.780 bits per heavy atom. The second-order valence-electron chi connectivity index (χ2n) is 15.7. The van der Waals surface area contributed by atoms with E-state index in [4.69, 9.17) is 4.52 Å². The second kappa shape index (κ2) is 10.1. The van der Waals surface area contributed by atoms with E-state index in [0.717, 1.165) is 25.7 Å². The zero-order valence-corrected chi connectivity index (χ0v) is 32.8. The van der Waals surface area contributed by atoms with Gasteiger partial charge in [0.05, 0.1) is 0 Å². The van der Waals surface area contributed by atoms with E-state index >= 15 is 0 Å². The summed E-state index contributed by atoms with van der Waals surface area (Å²) in [6.07, 6.45) is 3.68. The Morgan fingerprint density at radius 3 is 1.10 bits per heavy atom. The van der Waals surface area contributed by atoms with Crippen molar-refractivity contribution in [3.8, 4) is 11.5 Å². The van der Waals surface area contributed by atoms with Gasteiger partial charge in [0, 0.05) is 58.5 Å². The summed E-state index contributed by atoms with van der Waals surface area (Å²) in [6, 6.07) is 27.1. The third kappa shape index (κ3) is 3.56. The predicted octanol–water partition coefficient (Wildman–Crippen LogP) is 1.53. The van der Waals surface area contributed by atoms with Crippen molar-refractivity contribution in [1.82, 2.24) is 0 Å². The van der Waals surface area contributed by atoms with Crippen molar-refractivity contribution in [3.63, 3.8) is 0 Å². The second-order valence-corrected chi connectivity index (χ2v) is 16.8. The summed E-state index contributed by atoms with van der Waals surface area (Å²) in [5, 5.41) is 14.9. The smallest absolute Gasteiger partial charge is 0.872 e. The van der Waals surface area contributed by atoms with E-state index in [1.165, 1.54) is 66.8 Å². The molecule has 5 aromatic carbocycles. The average molecular weight is 691 g/mol. The molecule has 234 valence electrons. The third-order valence-corrected chi connectivity index (χ3v) is 14.5. The van der Waals surface area contributed by atoms with Crippen molar-refractivity contribution in [3.05, 3.63) is 162 Å². The zero-order valence-electron chi connectivity index (χ0n) is 27.9. The monoisotopic (exact) mass is 690 g/mol. The van der Waals surface area contributed by atoms with Crippen LogP contribution in [-0.4, -0.2) is 4.89 Å². The maximum Gasteiger partial charge on any atom is 1.00 e. The SMILES string of the molecule is O=P([O-])(O)Oc1c2c(c([O-])c3c1C1CC3c3cc4c(cc31)C1CC4c3ccccc31)C1CC2c2cc3c(cc21)C1CC3c2ccccc21.[Na+].[Na+]. The summed E-state index contributed by atoms with van der Waals surface area (Å²) in [5.41, 5.74) is 19.0. The molecule has 8 bridgehead atoms. The van der Waals surface area contributed by atoms with Gasteiger partial charge in [-0.1, -0.05) is 72.8 Å². The molecule has 0 radical (unpaired) electrons. The van der Waals surface area contributed by atoms with Gasteiger partial charge < -0.3 is 19.4 Å². The van der Waals surface area contributed by atoms with Gasteiger partial charge in [0.2, 0.25) is 0 Å². The van der Waals surface area contributed by atoms with E-state index in [1.54, 1.807) is 0 Å². The molecule has 5 nitrogen and oxygen atoms in total. The van der Waals surface area contributed by atoms with Crippen molar-refractivity contribution in [2.24, 2.45) is 0 Å². The van der Waals surface area contributed by atoms with Crippen LogP contribution in [0.15, 0.2) is 72.8 Å². The van der Waals surface area contributed by atoms with E-state index in [0.29, 0.717) is 45.9 Å². The molecule has 13 rings (SSSR count). The molecule has 8 aliphatic carbocycles. The van der Waals surface area contributed by atoms with Gasteiger partial charge in [0.25, 0.3) is 0 Å². The maximum absolute atomic E-state index is 14.9. The molecule has 0 heterocycles. The first-order valence-corrected chi connectivity index (χ1v) is 19.0. The number of benzene rings is 5. The summed E-state index contributed by atoms with van der Waals surface area (Å²) in [5.74, 6) is 1.46. The molecule has 0 saturated heterocycles. The Morgan fingerprint density at radius 1 is 0.500 bits per heavy atom. The fourth-order valence-corrected chi connectivity index (χ4v) is 13.1. The molecule has 0 aliphatic heterocycles. The molecule has 5 aromatic rings. The van der Waals surface area contributed by atoms with Crippen molar-refractivity contribution in [2.75, 3.05) is 0 Å². The van der Waals surface area contributed by atoms with E-state index in [2.05, 4.69) is 72.8 Å². The van der Waals surface area contributed by atoms with Gasteiger partial charge in [0.15, 0.2) is 0 Å². The first kappa shape index (κ1) is 31.4. The molecule has 0 aromatic heterocycles. The number of phosphoric ester groups is 1. The van der Waals surface area contributed by atoms with E-state index in [-0.39, 0.29) is 94.3 Å². The molecule has 0 fully saturated rings. The van der Waals surface area contributed by atoms with Crippen LogP contribution in [0.1, 0.15) is 162 Å². The molecule has 8 aliphatic rings. The van der Waals surface area contributed by atoms with Gasteiger partial charge in [-0.15, -0.1) is 5.75 Å². The number of fused-ring (bicyclic) bond motifs is 32. The van der Waals surface area contributed by atoms with Gasteiger partial charge >= 0.3 is 66.9 Å². The van der Waals surface area contributed by atoms with Crippen molar-refractivity contribution in [1.29, 1.82) is 0 Å². The quantitative estimate of drug-likeness (QED) is 0.224. The van der Waals surface area contributed by atoms with Crippen LogP contribution in [0, 0.1) is 0 Å². The summed E-state index contributed by atoms with van der Waals surface area (Å²) in [4.78, 5) is 22.8. The Bertz CT molecular complexity index is 2330. The molecule has 50 heavy (non-hydrogen) atoms. The fourth-order valence-electron chi connectivity index (χ4n) is 12.6. The molecule has 9 atom stereocenters. The fraction of sp³-hybridized carbons (Fsp3) is 0.286. The minimum atomic E-state index is -5.15. The molecule has 9 unspecified atom stereocenters. The molecule has 0 spiro atoms. The maximum atomic E-state index is 14.9. The zero-order chi connectivity index (χ0) is 31.5. The van der Waals surface area contributed by atoms with Crippen molar-refractivity contribution in [2.45, 2.75) is 73.0 Å². The number of hydrogen-bond donors (Lipinski definition) is 1. The summed E-state index contributed by atoms with van der Waals surface area (Å²) in [6.45, 7) is 0. The Labute approximate surface area is 334 Å². The van der Waals surface area contributed by atoms with Crippen molar-refractivity contribution >= 4 is 7.82 Å². The van der Waals surface area contributed by atoms with Gasteiger partial charge in [0.1, 0.15) is 5.75 Å². The Kier molecular flexibility index (Phi) is 6.33. The number of rotatable bonds is 2. The van der Waals surface area contributed by atoms with E-state index < -0.39 is 7.82 Å². The van der Waals surface area contributed by atoms with Gasteiger partial charge in [-0.05, 0) is 104 Å². The van der Waals surface area contributed by atoms with Crippen LogP contribution >= 0.6 is 7.82 Å². The topological polar surface area (TPSA) is 92.7 Å². The average Bonchev–Trinajstić information content (AvgIpc) is 3.95. The van der Waals surface area contributed by atoms with Crippen LogP contribution in [0.4, 0.5) is 0 Å². The predicted molar refractivity (Wildman–Crippen MR) is 175 cm³/mol. The molecular weight excluding hydrogens is 661 g/mol. The minimum Gasteiger partial charge on any atom is -0.872 e. The molecule has 1 N–H and O–H groups in total. The molecule has 0 amide bonds. The first-order chi connectivity index (χ1) is 23.3. The third-order valence-electron chi connectivity index (χ3n) is 14.1. The normalized spacial score (nSPS) is 29.9. The molecule has 0 saturated carbocycles. The van der Waals surface area contributed by atoms with Gasteiger partial charge in [-0.25, -0.2) is 0 Å². The summed E-state index contributed by atoms with van der Waals surface area (Å²) >= 11 is 0. The molecular formula is C42H29Na2O5P. The molecule has 8 heteroatoms. The van der Waals surface area contributed by atoms with Crippen LogP contribution < -0.4 is 73.6 Å². The van der Waals surface area contributed by atoms with Gasteiger partial charge in [-0.2, -0.15) is 0 Å².